The Hall–Kier alpha value is -5.63. The lowest BCUT2D eigenvalue weighted by Gasteiger charge is -2.26. The molecule has 0 bridgehead atoms. The number of thiazole rings is 1. The molecule has 0 fully saturated rings. The third-order valence-corrected chi connectivity index (χ3v) is 7.56. The van der Waals surface area contributed by atoms with Gasteiger partial charge in [-0.3, -0.25) is 29.6 Å². The maximum absolute atomic E-state index is 14.0. The molecule has 0 spiro atoms. The highest BCUT2D eigenvalue weighted by atomic mass is 32.1. The monoisotopic (exact) mass is 602 g/mol. The first kappa shape index (κ1) is 28.9. The van der Waals surface area contributed by atoms with Gasteiger partial charge in [0.05, 0.1) is 51.5 Å². The number of rotatable bonds is 8. The van der Waals surface area contributed by atoms with Gasteiger partial charge in [0, 0.05) is 17.2 Å². The summed E-state index contributed by atoms with van der Waals surface area (Å²) in [6.45, 7) is 1.71. The highest BCUT2D eigenvalue weighted by molar-refractivity contribution is 7.07. The van der Waals surface area contributed by atoms with E-state index in [1.54, 1.807) is 61.5 Å². The van der Waals surface area contributed by atoms with Crippen molar-refractivity contribution in [3.05, 3.63) is 129 Å². The number of hydrogen-bond acceptors (Lipinski definition) is 11. The van der Waals surface area contributed by atoms with Gasteiger partial charge in [-0.05, 0) is 30.7 Å². The van der Waals surface area contributed by atoms with E-state index in [1.165, 1.54) is 11.7 Å². The Morgan fingerprint density at radius 1 is 1.09 bits per heavy atom. The van der Waals surface area contributed by atoms with Gasteiger partial charge in [0.1, 0.15) is 5.75 Å². The predicted octanol–water partition coefficient (Wildman–Crippen LogP) is 3.47. The number of hydrogen-bond donors (Lipinski definition) is 1. The van der Waals surface area contributed by atoms with Gasteiger partial charge in [0.15, 0.2) is 4.80 Å². The van der Waals surface area contributed by atoms with Gasteiger partial charge >= 0.3 is 11.7 Å². The predicted molar refractivity (Wildman–Crippen MR) is 155 cm³/mol. The molecule has 0 aliphatic carbocycles. The molecule has 0 unspecified atom stereocenters. The van der Waals surface area contributed by atoms with E-state index in [0.717, 1.165) is 23.5 Å². The second kappa shape index (κ2) is 11.7. The molecule has 4 aromatic rings. The lowest BCUT2D eigenvalue weighted by molar-refractivity contribution is -0.394. The van der Waals surface area contributed by atoms with Gasteiger partial charge in [-0.1, -0.05) is 53.8 Å². The van der Waals surface area contributed by atoms with Crippen LogP contribution in [0.25, 0.3) is 11.8 Å². The summed E-state index contributed by atoms with van der Waals surface area (Å²) < 4.78 is 12.0. The average molecular weight is 603 g/mol. The Bertz CT molecular complexity index is 2000. The number of nitrogens with zero attached hydrogens (tertiary/aromatic N) is 4. The van der Waals surface area contributed by atoms with Gasteiger partial charge in [0.25, 0.3) is 11.2 Å². The van der Waals surface area contributed by atoms with Crippen LogP contribution in [-0.2, 0) is 9.53 Å². The van der Waals surface area contributed by atoms with E-state index in [0.29, 0.717) is 22.9 Å². The van der Waals surface area contributed by atoms with E-state index in [2.05, 4.69) is 4.99 Å². The fraction of sp³-hybridized carbons (Fsp3) is 0.138. The van der Waals surface area contributed by atoms with Crippen LogP contribution in [0.5, 0.6) is 11.5 Å². The molecule has 218 valence electrons. The highest BCUT2D eigenvalue weighted by Crippen LogP contribution is 2.37. The number of aromatic nitrogens is 1. The molecule has 13 nitrogen and oxygen atoms in total. The first-order valence-electron chi connectivity index (χ1n) is 12.7. The molecule has 5 rings (SSSR count). The van der Waals surface area contributed by atoms with Crippen LogP contribution in [0, 0.1) is 20.2 Å². The minimum absolute atomic E-state index is 0.0470. The van der Waals surface area contributed by atoms with E-state index in [4.69, 9.17) is 9.47 Å². The number of methoxy groups -OCH3 is 1. The number of ether oxygens (including phenoxy) is 2. The van der Waals surface area contributed by atoms with Crippen molar-refractivity contribution in [3.63, 3.8) is 0 Å². The number of carbonyl (C=O) groups excluding carboxylic acids is 1. The van der Waals surface area contributed by atoms with Crippen LogP contribution in [0.1, 0.15) is 29.7 Å². The van der Waals surface area contributed by atoms with Crippen molar-refractivity contribution in [2.24, 2.45) is 4.99 Å². The van der Waals surface area contributed by atoms with Crippen molar-refractivity contribution in [1.29, 1.82) is 0 Å². The van der Waals surface area contributed by atoms with Crippen molar-refractivity contribution in [1.82, 2.24) is 4.57 Å². The van der Waals surface area contributed by atoms with Crippen molar-refractivity contribution in [3.8, 4) is 11.5 Å². The minimum atomic E-state index is -1.03. The SMILES string of the molecule is CCOC(=O)C1=C(c2ccccc2)N=c2s/c(=C\c3cc([N+](=O)[O-])cc([N+](=O)[O-])c3O)c(=O)n2[C@@H]1c1cccc(OC)c1. The lowest BCUT2D eigenvalue weighted by Crippen LogP contribution is -2.40. The molecule has 1 atom stereocenters. The van der Waals surface area contributed by atoms with Crippen molar-refractivity contribution < 1.29 is 29.2 Å². The smallest absolute Gasteiger partial charge is 0.338 e. The largest absolute Gasteiger partial charge is 0.502 e. The maximum atomic E-state index is 14.0. The number of phenolic OH excluding ortho intramolecular Hbond substituents is 1. The Balaban J connectivity index is 1.86. The van der Waals surface area contributed by atoms with Crippen LogP contribution in [0.2, 0.25) is 0 Å². The van der Waals surface area contributed by atoms with Crippen LogP contribution in [-0.4, -0.2) is 39.2 Å². The Morgan fingerprint density at radius 3 is 2.49 bits per heavy atom. The maximum Gasteiger partial charge on any atom is 0.338 e. The molecule has 0 saturated carbocycles. The van der Waals surface area contributed by atoms with Gasteiger partial charge in [-0.25, -0.2) is 9.79 Å². The summed E-state index contributed by atoms with van der Waals surface area (Å²) in [6.07, 6.45) is 1.12. The molecule has 43 heavy (non-hydrogen) atoms. The van der Waals surface area contributed by atoms with Crippen molar-refractivity contribution in [2.45, 2.75) is 13.0 Å². The van der Waals surface area contributed by atoms with Gasteiger partial charge in [-0.2, -0.15) is 0 Å². The summed E-state index contributed by atoms with van der Waals surface area (Å²) in [5.74, 6) is -1.07. The molecule has 0 radical (unpaired) electrons. The Labute approximate surface area is 246 Å². The van der Waals surface area contributed by atoms with Crippen LogP contribution in [0.4, 0.5) is 11.4 Å². The third kappa shape index (κ3) is 5.38. The van der Waals surface area contributed by atoms with Gasteiger partial charge in [-0.15, -0.1) is 0 Å². The molecule has 1 N–H and O–H groups in total. The Kier molecular flexibility index (Phi) is 7.86. The summed E-state index contributed by atoms with van der Waals surface area (Å²) in [7, 11) is 1.48. The second-order valence-electron chi connectivity index (χ2n) is 9.13. The van der Waals surface area contributed by atoms with E-state index in [1.807, 2.05) is 0 Å². The molecular formula is C29H22N4O9S. The third-order valence-electron chi connectivity index (χ3n) is 6.58. The lowest BCUT2D eigenvalue weighted by atomic mass is 9.93. The normalized spacial score (nSPS) is 14.6. The molecule has 14 heteroatoms. The number of phenols is 1. The second-order valence-corrected chi connectivity index (χ2v) is 10.1. The summed E-state index contributed by atoms with van der Waals surface area (Å²) in [6, 6.07) is 16.2. The fourth-order valence-electron chi connectivity index (χ4n) is 4.69. The van der Waals surface area contributed by atoms with Gasteiger partial charge in [0.2, 0.25) is 5.75 Å². The van der Waals surface area contributed by atoms with E-state index >= 15 is 0 Å². The summed E-state index contributed by atoms with van der Waals surface area (Å²) >= 11 is 0.888. The number of esters is 1. The van der Waals surface area contributed by atoms with E-state index < -0.39 is 44.5 Å². The number of non-ortho nitro benzene ring substituents is 1. The number of benzene rings is 3. The molecule has 3 aromatic carbocycles. The zero-order valence-corrected chi connectivity index (χ0v) is 23.4. The summed E-state index contributed by atoms with van der Waals surface area (Å²) in [5.41, 5.74) is -1.04. The Morgan fingerprint density at radius 2 is 1.84 bits per heavy atom. The van der Waals surface area contributed by atoms with Gasteiger partial charge < -0.3 is 14.6 Å². The van der Waals surface area contributed by atoms with Crippen LogP contribution in [0.15, 0.2) is 82.1 Å². The minimum Gasteiger partial charge on any atom is -0.502 e. The van der Waals surface area contributed by atoms with Crippen molar-refractivity contribution >= 4 is 40.5 Å². The number of aromatic hydroxyl groups is 1. The molecule has 2 heterocycles. The molecule has 0 amide bonds. The quantitative estimate of drug-likeness (QED) is 0.180. The van der Waals surface area contributed by atoms with Crippen molar-refractivity contribution in [2.75, 3.05) is 13.7 Å². The molecule has 1 aliphatic rings. The molecule has 1 aromatic heterocycles. The van der Waals surface area contributed by atoms with Crippen LogP contribution >= 0.6 is 11.3 Å². The molecule has 1 aliphatic heterocycles. The number of carbonyl (C=O) groups is 1. The highest BCUT2D eigenvalue weighted by Gasteiger charge is 2.35. The first-order chi connectivity index (χ1) is 20.6. The first-order valence-corrected chi connectivity index (χ1v) is 13.5. The zero-order chi connectivity index (χ0) is 30.8. The van der Waals surface area contributed by atoms with Crippen LogP contribution < -0.4 is 19.6 Å². The van der Waals surface area contributed by atoms with Crippen LogP contribution in [0.3, 0.4) is 0 Å². The number of nitro groups is 2. The van der Waals surface area contributed by atoms with E-state index in [9.17, 15) is 34.9 Å². The summed E-state index contributed by atoms with van der Waals surface area (Å²) in [5, 5.41) is 33.5. The fourth-order valence-corrected chi connectivity index (χ4v) is 5.68. The molecular weight excluding hydrogens is 580 g/mol. The number of fused-ring (bicyclic) bond motifs is 1. The summed E-state index contributed by atoms with van der Waals surface area (Å²) in [4.78, 5) is 53.5. The molecule has 0 saturated heterocycles. The van der Waals surface area contributed by atoms with E-state index in [-0.39, 0.29) is 32.8 Å². The zero-order valence-electron chi connectivity index (χ0n) is 22.6. The number of nitro benzene ring substituents is 2. The average Bonchev–Trinajstić information content (AvgIpc) is 3.31. The topological polar surface area (TPSA) is 176 Å². The standard InChI is InChI=1S/C29H22N4O9S/c1-3-42-28(36)23-24(16-8-5-4-6-9-16)30-29-31(25(23)17-10-7-11-20(13-17)41-2)27(35)22(43-29)14-18-12-19(32(37)38)15-21(26(18)34)33(39)40/h4-15,25,34H,3H2,1-2H3/b22-14-/t25-/m1/s1.